The van der Waals surface area contributed by atoms with Gasteiger partial charge in [0.2, 0.25) is 5.95 Å². The fourth-order valence-electron chi connectivity index (χ4n) is 1.84. The number of halogens is 3. The molecule has 0 bridgehead atoms. The van der Waals surface area contributed by atoms with Crippen LogP contribution in [-0.2, 0) is 10.9 Å². The molecule has 2 rings (SSSR count). The van der Waals surface area contributed by atoms with Gasteiger partial charge in [0, 0.05) is 25.8 Å². The number of hydrogen-bond donors (Lipinski definition) is 2. The summed E-state index contributed by atoms with van der Waals surface area (Å²) in [5, 5.41) is 12.8. The highest BCUT2D eigenvalue weighted by Gasteiger charge is 2.39. The first-order valence-electron chi connectivity index (χ1n) is 5.79. The molecule has 2 atom stereocenters. The van der Waals surface area contributed by atoms with Gasteiger partial charge in [-0.2, -0.15) is 13.2 Å². The maximum absolute atomic E-state index is 12.5. The lowest BCUT2D eigenvalue weighted by Crippen LogP contribution is -2.43. The van der Waals surface area contributed by atoms with Gasteiger partial charge in [-0.1, -0.05) is 0 Å². The standard InChI is InChI=1S/C11H14F3N3O2/c1-7-10(18,3-5-19-7)6-16-9-15-4-2-8(17-9)11(12,13)14/h2,4,7,18H,3,5-6H2,1H3,(H,15,16,17). The second-order valence-corrected chi connectivity index (χ2v) is 4.48. The van der Waals surface area contributed by atoms with E-state index in [1.54, 1.807) is 6.92 Å². The predicted molar refractivity (Wildman–Crippen MR) is 60.5 cm³/mol. The Kier molecular flexibility index (Phi) is 3.64. The number of hydrogen-bond acceptors (Lipinski definition) is 5. The smallest absolute Gasteiger partial charge is 0.385 e. The van der Waals surface area contributed by atoms with E-state index in [1.165, 1.54) is 0 Å². The third-order valence-electron chi connectivity index (χ3n) is 3.16. The molecule has 2 N–H and O–H groups in total. The van der Waals surface area contributed by atoms with Gasteiger partial charge in [-0.25, -0.2) is 9.97 Å². The van der Waals surface area contributed by atoms with Crippen molar-refractivity contribution < 1.29 is 23.0 Å². The molecule has 0 saturated carbocycles. The Hall–Kier alpha value is -1.41. The fourth-order valence-corrected chi connectivity index (χ4v) is 1.84. The summed E-state index contributed by atoms with van der Waals surface area (Å²) in [5.41, 5.74) is -2.13. The van der Waals surface area contributed by atoms with Gasteiger partial charge in [0.1, 0.15) is 11.3 Å². The first-order chi connectivity index (χ1) is 8.81. The summed E-state index contributed by atoms with van der Waals surface area (Å²) >= 11 is 0. The molecule has 0 spiro atoms. The summed E-state index contributed by atoms with van der Waals surface area (Å²) in [4.78, 5) is 7.06. The third-order valence-corrected chi connectivity index (χ3v) is 3.16. The molecule has 0 aromatic carbocycles. The molecule has 1 saturated heterocycles. The number of aromatic nitrogens is 2. The molecule has 8 heteroatoms. The van der Waals surface area contributed by atoms with Gasteiger partial charge in [0.25, 0.3) is 0 Å². The number of rotatable bonds is 3. The molecule has 0 amide bonds. The van der Waals surface area contributed by atoms with Gasteiger partial charge < -0.3 is 15.2 Å². The van der Waals surface area contributed by atoms with Crippen LogP contribution in [0.5, 0.6) is 0 Å². The van der Waals surface area contributed by atoms with Crippen molar-refractivity contribution in [3.8, 4) is 0 Å². The monoisotopic (exact) mass is 277 g/mol. The van der Waals surface area contributed by atoms with Crippen LogP contribution in [-0.4, -0.2) is 39.9 Å². The number of ether oxygens (including phenoxy) is 1. The number of aliphatic hydroxyl groups is 1. The normalized spacial score (nSPS) is 27.5. The average molecular weight is 277 g/mol. The molecular formula is C11H14F3N3O2. The van der Waals surface area contributed by atoms with Gasteiger partial charge in [-0.3, -0.25) is 0 Å². The third kappa shape index (κ3) is 3.13. The van der Waals surface area contributed by atoms with Gasteiger partial charge in [0.05, 0.1) is 6.10 Å². The molecule has 2 heterocycles. The molecule has 1 aromatic heterocycles. The van der Waals surface area contributed by atoms with Crippen LogP contribution in [0.2, 0.25) is 0 Å². The van der Waals surface area contributed by atoms with Crippen LogP contribution >= 0.6 is 0 Å². The second kappa shape index (κ2) is 4.93. The van der Waals surface area contributed by atoms with Crippen LogP contribution in [0.4, 0.5) is 19.1 Å². The molecule has 0 radical (unpaired) electrons. The Morgan fingerprint density at radius 3 is 2.89 bits per heavy atom. The number of anilines is 1. The highest BCUT2D eigenvalue weighted by Crippen LogP contribution is 2.28. The van der Waals surface area contributed by atoms with Crippen LogP contribution in [0.25, 0.3) is 0 Å². The molecule has 1 aliphatic heterocycles. The van der Waals surface area contributed by atoms with E-state index in [0.717, 1.165) is 12.3 Å². The Morgan fingerprint density at radius 2 is 2.32 bits per heavy atom. The van der Waals surface area contributed by atoms with E-state index in [2.05, 4.69) is 15.3 Å². The Bertz CT molecular complexity index is 455. The zero-order chi connectivity index (χ0) is 14.1. The van der Waals surface area contributed by atoms with Crippen molar-refractivity contribution in [2.75, 3.05) is 18.5 Å². The lowest BCUT2D eigenvalue weighted by atomic mass is 9.97. The van der Waals surface area contributed by atoms with Gasteiger partial charge >= 0.3 is 6.18 Å². The summed E-state index contributed by atoms with van der Waals surface area (Å²) in [7, 11) is 0. The highest BCUT2D eigenvalue weighted by atomic mass is 19.4. The van der Waals surface area contributed by atoms with Crippen LogP contribution < -0.4 is 5.32 Å². The number of nitrogens with zero attached hydrogens (tertiary/aromatic N) is 2. The van der Waals surface area contributed by atoms with Crippen LogP contribution in [0.15, 0.2) is 12.3 Å². The van der Waals surface area contributed by atoms with E-state index in [4.69, 9.17) is 4.74 Å². The van der Waals surface area contributed by atoms with Gasteiger partial charge in [-0.05, 0) is 13.0 Å². The zero-order valence-electron chi connectivity index (χ0n) is 10.2. The molecule has 1 fully saturated rings. The minimum absolute atomic E-state index is 0.0372. The summed E-state index contributed by atoms with van der Waals surface area (Å²) < 4.78 is 42.6. The van der Waals surface area contributed by atoms with E-state index in [9.17, 15) is 18.3 Å². The maximum Gasteiger partial charge on any atom is 0.433 e. The van der Waals surface area contributed by atoms with E-state index < -0.39 is 17.5 Å². The largest absolute Gasteiger partial charge is 0.433 e. The average Bonchev–Trinajstić information content (AvgIpc) is 2.67. The predicted octanol–water partition coefficient (Wildman–Crippen LogP) is 1.45. The van der Waals surface area contributed by atoms with Crippen molar-refractivity contribution >= 4 is 5.95 Å². The molecular weight excluding hydrogens is 263 g/mol. The van der Waals surface area contributed by atoms with Crippen molar-refractivity contribution in [2.24, 2.45) is 0 Å². The molecule has 106 valence electrons. The molecule has 19 heavy (non-hydrogen) atoms. The van der Waals surface area contributed by atoms with Crippen LogP contribution in [0, 0.1) is 0 Å². The van der Waals surface area contributed by atoms with Crippen molar-refractivity contribution in [3.63, 3.8) is 0 Å². The lowest BCUT2D eigenvalue weighted by molar-refractivity contribution is -0.141. The molecule has 0 aliphatic carbocycles. The van der Waals surface area contributed by atoms with Crippen LogP contribution in [0.1, 0.15) is 19.0 Å². The van der Waals surface area contributed by atoms with Gasteiger partial charge in [-0.15, -0.1) is 0 Å². The van der Waals surface area contributed by atoms with E-state index in [1.807, 2.05) is 0 Å². The lowest BCUT2D eigenvalue weighted by Gasteiger charge is -2.26. The van der Waals surface area contributed by atoms with E-state index in [0.29, 0.717) is 13.0 Å². The Labute approximate surface area is 107 Å². The first-order valence-corrected chi connectivity index (χ1v) is 5.79. The van der Waals surface area contributed by atoms with E-state index >= 15 is 0 Å². The zero-order valence-corrected chi connectivity index (χ0v) is 10.2. The second-order valence-electron chi connectivity index (χ2n) is 4.48. The van der Waals surface area contributed by atoms with Crippen molar-refractivity contribution in [2.45, 2.75) is 31.2 Å². The molecule has 1 aromatic rings. The molecule has 2 unspecified atom stereocenters. The van der Waals surface area contributed by atoms with E-state index in [-0.39, 0.29) is 18.6 Å². The first kappa shape index (κ1) is 14.0. The Morgan fingerprint density at radius 1 is 1.58 bits per heavy atom. The summed E-state index contributed by atoms with van der Waals surface area (Å²) in [6, 6.07) is 0.793. The summed E-state index contributed by atoms with van der Waals surface area (Å²) in [5.74, 6) is -0.164. The molecule has 1 aliphatic rings. The van der Waals surface area contributed by atoms with Crippen LogP contribution in [0.3, 0.4) is 0 Å². The Balaban J connectivity index is 2.04. The molecule has 5 nitrogen and oxygen atoms in total. The highest BCUT2D eigenvalue weighted by molar-refractivity contribution is 5.27. The van der Waals surface area contributed by atoms with Crippen molar-refractivity contribution in [3.05, 3.63) is 18.0 Å². The number of alkyl halides is 3. The summed E-state index contributed by atoms with van der Waals surface area (Å²) in [6.45, 7) is 2.17. The minimum atomic E-state index is -4.51. The quantitative estimate of drug-likeness (QED) is 0.875. The minimum Gasteiger partial charge on any atom is -0.385 e. The van der Waals surface area contributed by atoms with Gasteiger partial charge in [0.15, 0.2) is 0 Å². The topological polar surface area (TPSA) is 67.3 Å². The number of nitrogens with one attached hydrogen (secondary N) is 1. The fraction of sp³-hybridized carbons (Fsp3) is 0.636. The SMILES string of the molecule is CC1OCCC1(O)CNc1nccc(C(F)(F)F)n1. The van der Waals surface area contributed by atoms with Crippen molar-refractivity contribution in [1.29, 1.82) is 0 Å². The maximum atomic E-state index is 12.5. The van der Waals surface area contributed by atoms with Crippen molar-refractivity contribution in [1.82, 2.24) is 9.97 Å². The summed E-state index contributed by atoms with van der Waals surface area (Å²) in [6.07, 6.45) is -3.46.